The monoisotopic (exact) mass is 266 g/mol. The second-order valence-corrected chi connectivity index (χ2v) is 6.10. The Labute approximate surface area is 115 Å². The zero-order chi connectivity index (χ0) is 14.0. The summed E-state index contributed by atoms with van der Waals surface area (Å²) in [7, 11) is 0. The summed E-state index contributed by atoms with van der Waals surface area (Å²) in [6.07, 6.45) is 6.29. The van der Waals surface area contributed by atoms with Crippen molar-refractivity contribution in [2.24, 2.45) is 5.92 Å². The molecule has 1 aliphatic heterocycles. The molecule has 0 aromatic heterocycles. The molecule has 0 aromatic carbocycles. The summed E-state index contributed by atoms with van der Waals surface area (Å²) >= 11 is 0. The van der Waals surface area contributed by atoms with Crippen molar-refractivity contribution in [2.45, 2.75) is 77.4 Å². The number of hydrogen-bond acceptors (Lipinski definition) is 2. The van der Waals surface area contributed by atoms with Gasteiger partial charge in [0.05, 0.1) is 0 Å². The molecule has 1 N–H and O–H groups in total. The molecule has 2 amide bonds. The zero-order valence-electron chi connectivity index (χ0n) is 12.3. The van der Waals surface area contributed by atoms with Gasteiger partial charge in [0.15, 0.2) is 0 Å². The molecule has 0 radical (unpaired) electrons. The van der Waals surface area contributed by atoms with Gasteiger partial charge < -0.3 is 10.2 Å². The lowest BCUT2D eigenvalue weighted by Gasteiger charge is -2.45. The molecule has 0 bridgehead atoms. The largest absolute Gasteiger partial charge is 0.343 e. The number of amides is 2. The topological polar surface area (TPSA) is 49.4 Å². The fourth-order valence-corrected chi connectivity index (χ4v) is 3.50. The maximum Gasteiger partial charge on any atom is 0.246 e. The van der Waals surface area contributed by atoms with Crippen molar-refractivity contribution in [1.29, 1.82) is 0 Å². The van der Waals surface area contributed by atoms with E-state index < -0.39 is 0 Å². The third-order valence-corrected chi connectivity index (χ3v) is 4.67. The summed E-state index contributed by atoms with van der Waals surface area (Å²) in [6, 6.07) is -0.365. The third-order valence-electron chi connectivity index (χ3n) is 4.67. The predicted molar refractivity (Wildman–Crippen MR) is 74.6 cm³/mol. The standard InChI is InChI=1S/C15H26N2O2/c1-4-7-12-15(19)17(11(3)14(18)16-12)13-9-6-5-8-10(13)2/h10-13H,4-9H2,1-3H3,(H,16,18). The average Bonchev–Trinajstić information content (AvgIpc) is 2.38. The van der Waals surface area contributed by atoms with Crippen LogP contribution in [0.25, 0.3) is 0 Å². The summed E-state index contributed by atoms with van der Waals surface area (Å²) < 4.78 is 0. The molecule has 2 fully saturated rings. The molecule has 2 aliphatic rings. The van der Waals surface area contributed by atoms with Crippen LogP contribution in [0.1, 0.15) is 59.3 Å². The van der Waals surface area contributed by atoms with E-state index in [-0.39, 0.29) is 29.9 Å². The van der Waals surface area contributed by atoms with Crippen LogP contribution in [0.15, 0.2) is 0 Å². The second-order valence-electron chi connectivity index (χ2n) is 6.10. The first kappa shape index (κ1) is 14.4. The Hall–Kier alpha value is -1.06. The Morgan fingerprint density at radius 2 is 1.89 bits per heavy atom. The van der Waals surface area contributed by atoms with Gasteiger partial charge in [0.25, 0.3) is 0 Å². The van der Waals surface area contributed by atoms with Crippen molar-refractivity contribution in [1.82, 2.24) is 10.2 Å². The minimum absolute atomic E-state index is 0.0100. The molecular formula is C15H26N2O2. The highest BCUT2D eigenvalue weighted by atomic mass is 16.2. The Kier molecular flexibility index (Phi) is 4.48. The molecule has 1 aliphatic carbocycles. The lowest BCUT2D eigenvalue weighted by molar-refractivity contribution is -0.153. The normalized spacial score (nSPS) is 36.3. The number of rotatable bonds is 3. The first-order valence-corrected chi connectivity index (χ1v) is 7.68. The van der Waals surface area contributed by atoms with Crippen LogP contribution in [0, 0.1) is 5.92 Å². The average molecular weight is 266 g/mol. The van der Waals surface area contributed by atoms with E-state index in [1.807, 2.05) is 18.7 Å². The highest BCUT2D eigenvalue weighted by Gasteiger charge is 2.42. The van der Waals surface area contributed by atoms with E-state index in [0.717, 1.165) is 19.3 Å². The molecule has 1 saturated heterocycles. The quantitative estimate of drug-likeness (QED) is 0.850. The molecule has 4 atom stereocenters. The van der Waals surface area contributed by atoms with Gasteiger partial charge in [0, 0.05) is 6.04 Å². The molecule has 1 heterocycles. The lowest BCUT2D eigenvalue weighted by atomic mass is 9.83. The van der Waals surface area contributed by atoms with Crippen LogP contribution in [0.3, 0.4) is 0 Å². The Bertz CT molecular complexity index is 356. The fourth-order valence-electron chi connectivity index (χ4n) is 3.50. The molecule has 0 aromatic rings. The first-order valence-electron chi connectivity index (χ1n) is 7.68. The van der Waals surface area contributed by atoms with Crippen molar-refractivity contribution in [3.63, 3.8) is 0 Å². The van der Waals surface area contributed by atoms with Gasteiger partial charge in [-0.1, -0.05) is 33.1 Å². The van der Waals surface area contributed by atoms with Crippen LogP contribution in [-0.4, -0.2) is 34.8 Å². The van der Waals surface area contributed by atoms with Crippen LogP contribution < -0.4 is 5.32 Å². The molecule has 1 saturated carbocycles. The lowest BCUT2D eigenvalue weighted by Crippen LogP contribution is -2.65. The number of piperazine rings is 1. The van der Waals surface area contributed by atoms with E-state index in [1.54, 1.807) is 0 Å². The molecule has 2 rings (SSSR count). The molecule has 108 valence electrons. The maximum absolute atomic E-state index is 12.6. The van der Waals surface area contributed by atoms with E-state index in [0.29, 0.717) is 5.92 Å². The van der Waals surface area contributed by atoms with Crippen molar-refractivity contribution in [3.05, 3.63) is 0 Å². The van der Waals surface area contributed by atoms with Gasteiger partial charge in [-0.2, -0.15) is 0 Å². The Morgan fingerprint density at radius 3 is 2.53 bits per heavy atom. The molecular weight excluding hydrogens is 240 g/mol. The minimum atomic E-state index is -0.314. The van der Waals surface area contributed by atoms with Gasteiger partial charge in [-0.05, 0) is 32.1 Å². The smallest absolute Gasteiger partial charge is 0.246 e. The number of carbonyl (C=O) groups is 2. The van der Waals surface area contributed by atoms with Gasteiger partial charge in [0.2, 0.25) is 11.8 Å². The van der Waals surface area contributed by atoms with E-state index in [1.165, 1.54) is 19.3 Å². The molecule has 4 unspecified atom stereocenters. The van der Waals surface area contributed by atoms with E-state index in [9.17, 15) is 9.59 Å². The molecule has 4 nitrogen and oxygen atoms in total. The Morgan fingerprint density at radius 1 is 1.21 bits per heavy atom. The number of nitrogens with one attached hydrogen (secondary N) is 1. The zero-order valence-corrected chi connectivity index (χ0v) is 12.3. The number of hydrogen-bond donors (Lipinski definition) is 1. The van der Waals surface area contributed by atoms with Gasteiger partial charge in [-0.3, -0.25) is 9.59 Å². The van der Waals surface area contributed by atoms with Crippen molar-refractivity contribution in [3.8, 4) is 0 Å². The summed E-state index contributed by atoms with van der Waals surface area (Å²) in [6.45, 7) is 6.12. The van der Waals surface area contributed by atoms with Crippen LogP contribution >= 0.6 is 0 Å². The van der Waals surface area contributed by atoms with Crippen molar-refractivity contribution >= 4 is 11.8 Å². The molecule has 19 heavy (non-hydrogen) atoms. The van der Waals surface area contributed by atoms with E-state index >= 15 is 0 Å². The second kappa shape index (κ2) is 5.93. The van der Waals surface area contributed by atoms with E-state index in [4.69, 9.17) is 0 Å². The number of nitrogens with zero attached hydrogens (tertiary/aromatic N) is 1. The summed E-state index contributed by atoms with van der Waals surface area (Å²) in [5, 5.41) is 2.87. The maximum atomic E-state index is 12.6. The van der Waals surface area contributed by atoms with Gasteiger partial charge in [0.1, 0.15) is 12.1 Å². The Balaban J connectivity index is 2.19. The summed E-state index contributed by atoms with van der Waals surface area (Å²) in [5.74, 6) is 0.650. The van der Waals surface area contributed by atoms with Gasteiger partial charge in [-0.25, -0.2) is 0 Å². The van der Waals surface area contributed by atoms with Gasteiger partial charge in [-0.15, -0.1) is 0 Å². The van der Waals surface area contributed by atoms with E-state index in [2.05, 4.69) is 12.2 Å². The minimum Gasteiger partial charge on any atom is -0.343 e. The van der Waals surface area contributed by atoms with Crippen molar-refractivity contribution < 1.29 is 9.59 Å². The highest BCUT2D eigenvalue weighted by Crippen LogP contribution is 2.31. The molecule has 4 heteroatoms. The third kappa shape index (κ3) is 2.77. The van der Waals surface area contributed by atoms with Crippen LogP contribution in [0.5, 0.6) is 0 Å². The SMILES string of the molecule is CCCC1NC(=O)C(C)N(C2CCCCC2C)C1=O. The van der Waals surface area contributed by atoms with Crippen LogP contribution in [0.2, 0.25) is 0 Å². The van der Waals surface area contributed by atoms with Crippen molar-refractivity contribution in [2.75, 3.05) is 0 Å². The molecule has 0 spiro atoms. The summed E-state index contributed by atoms with van der Waals surface area (Å²) in [5.41, 5.74) is 0. The van der Waals surface area contributed by atoms with Gasteiger partial charge >= 0.3 is 0 Å². The van der Waals surface area contributed by atoms with Crippen LogP contribution in [-0.2, 0) is 9.59 Å². The number of carbonyl (C=O) groups excluding carboxylic acids is 2. The first-order chi connectivity index (χ1) is 9.06. The summed E-state index contributed by atoms with van der Waals surface area (Å²) in [4.78, 5) is 26.6. The van der Waals surface area contributed by atoms with Crippen LogP contribution in [0.4, 0.5) is 0 Å². The predicted octanol–water partition coefficient (Wildman–Crippen LogP) is 2.08. The fraction of sp³-hybridized carbons (Fsp3) is 0.867. The highest BCUT2D eigenvalue weighted by molar-refractivity contribution is 5.96.